The first-order valence-corrected chi connectivity index (χ1v) is 6.59. The molecule has 0 aliphatic heterocycles. The van der Waals surface area contributed by atoms with Gasteiger partial charge in [-0.2, -0.15) is 5.26 Å². The number of nitriles is 1. The predicted octanol–water partition coefficient (Wildman–Crippen LogP) is 3.08. The topological polar surface area (TPSA) is 40.8 Å². The molecule has 1 atom stereocenters. The summed E-state index contributed by atoms with van der Waals surface area (Å²) in [6.45, 7) is 2.91. The first kappa shape index (κ1) is 13.4. The second-order valence-electron chi connectivity index (χ2n) is 4.64. The molecule has 3 nitrogen and oxygen atoms in total. The van der Waals surface area contributed by atoms with Crippen LogP contribution in [0.1, 0.15) is 36.1 Å². The molecule has 19 heavy (non-hydrogen) atoms. The highest BCUT2D eigenvalue weighted by Crippen LogP contribution is 2.17. The largest absolute Gasteiger partial charge is 0.350 e. The Bertz CT molecular complexity index is 574. The van der Waals surface area contributed by atoms with Crippen LogP contribution in [0.4, 0.5) is 0 Å². The second-order valence-corrected chi connectivity index (χ2v) is 4.64. The maximum Gasteiger partial charge on any atom is 0.0995 e. The van der Waals surface area contributed by atoms with Gasteiger partial charge >= 0.3 is 0 Å². The fraction of sp³-hybridized carbons (Fsp3) is 0.312. The minimum Gasteiger partial charge on any atom is -0.350 e. The van der Waals surface area contributed by atoms with E-state index in [9.17, 15) is 0 Å². The van der Waals surface area contributed by atoms with E-state index in [1.165, 1.54) is 5.56 Å². The third-order valence-electron chi connectivity index (χ3n) is 3.42. The molecule has 0 bridgehead atoms. The van der Waals surface area contributed by atoms with E-state index in [-0.39, 0.29) is 0 Å². The summed E-state index contributed by atoms with van der Waals surface area (Å²) in [7, 11) is 1.98. The van der Waals surface area contributed by atoms with Gasteiger partial charge in [-0.15, -0.1) is 0 Å². The zero-order valence-electron chi connectivity index (χ0n) is 11.4. The third-order valence-corrected chi connectivity index (χ3v) is 3.42. The zero-order valence-corrected chi connectivity index (χ0v) is 11.4. The highest BCUT2D eigenvalue weighted by Gasteiger charge is 2.08. The van der Waals surface area contributed by atoms with Gasteiger partial charge in [-0.3, -0.25) is 0 Å². The molecule has 0 aliphatic carbocycles. The van der Waals surface area contributed by atoms with E-state index in [2.05, 4.69) is 41.3 Å². The molecule has 0 aliphatic rings. The van der Waals surface area contributed by atoms with Gasteiger partial charge in [0.2, 0.25) is 0 Å². The molecule has 0 saturated heterocycles. The van der Waals surface area contributed by atoms with Crippen LogP contribution in [0.15, 0.2) is 42.7 Å². The highest BCUT2D eigenvalue weighted by molar-refractivity contribution is 5.37. The number of nitrogens with one attached hydrogen (secondary N) is 1. The van der Waals surface area contributed by atoms with Crippen LogP contribution in [-0.2, 0) is 6.54 Å². The number of benzene rings is 1. The highest BCUT2D eigenvalue weighted by atomic mass is 15.0. The standard InChI is InChI=1S/C16H19N3/c1-3-16(18-2)15-8-9-19(12-15)11-14-7-5-4-6-13(14)10-17/h4-9,12,16,18H,3,11H2,1-2H3. The van der Waals surface area contributed by atoms with Crippen molar-refractivity contribution in [2.75, 3.05) is 7.05 Å². The average Bonchev–Trinajstić information content (AvgIpc) is 2.89. The Morgan fingerprint density at radius 3 is 2.79 bits per heavy atom. The van der Waals surface area contributed by atoms with E-state index >= 15 is 0 Å². The fourth-order valence-electron chi connectivity index (χ4n) is 2.33. The normalized spacial score (nSPS) is 12.1. The molecule has 1 heterocycles. The van der Waals surface area contributed by atoms with Crippen molar-refractivity contribution >= 4 is 0 Å². The van der Waals surface area contributed by atoms with Gasteiger partial charge in [-0.25, -0.2) is 0 Å². The lowest BCUT2D eigenvalue weighted by molar-refractivity contribution is 0.575. The number of rotatable bonds is 5. The van der Waals surface area contributed by atoms with Crippen LogP contribution in [0.3, 0.4) is 0 Å². The Hall–Kier alpha value is -2.05. The van der Waals surface area contributed by atoms with Crippen molar-refractivity contribution in [2.45, 2.75) is 25.9 Å². The van der Waals surface area contributed by atoms with Gasteiger partial charge in [0.15, 0.2) is 0 Å². The molecule has 98 valence electrons. The van der Waals surface area contributed by atoms with Gasteiger partial charge in [0.25, 0.3) is 0 Å². The van der Waals surface area contributed by atoms with Crippen LogP contribution >= 0.6 is 0 Å². The summed E-state index contributed by atoms with van der Waals surface area (Å²) < 4.78 is 2.13. The minimum atomic E-state index is 0.396. The Morgan fingerprint density at radius 1 is 1.32 bits per heavy atom. The molecule has 1 aromatic carbocycles. The first-order chi connectivity index (χ1) is 9.28. The average molecular weight is 253 g/mol. The molecule has 0 spiro atoms. The quantitative estimate of drug-likeness (QED) is 0.889. The maximum absolute atomic E-state index is 9.10. The molecule has 0 saturated carbocycles. The first-order valence-electron chi connectivity index (χ1n) is 6.59. The second kappa shape index (κ2) is 6.21. The van der Waals surface area contributed by atoms with E-state index in [1.807, 2.05) is 31.3 Å². The molecule has 0 amide bonds. The fourth-order valence-corrected chi connectivity index (χ4v) is 2.33. The van der Waals surface area contributed by atoms with Crippen LogP contribution in [0, 0.1) is 11.3 Å². The van der Waals surface area contributed by atoms with Crippen molar-refractivity contribution in [3.05, 3.63) is 59.4 Å². The van der Waals surface area contributed by atoms with Crippen LogP contribution in [-0.4, -0.2) is 11.6 Å². The Balaban J connectivity index is 2.18. The summed E-state index contributed by atoms with van der Waals surface area (Å²) in [5.74, 6) is 0. The van der Waals surface area contributed by atoms with Gasteiger partial charge in [-0.05, 0) is 36.7 Å². The van der Waals surface area contributed by atoms with Crippen molar-refractivity contribution < 1.29 is 0 Å². The van der Waals surface area contributed by atoms with E-state index in [1.54, 1.807) is 0 Å². The third kappa shape index (κ3) is 3.04. The van der Waals surface area contributed by atoms with E-state index in [4.69, 9.17) is 5.26 Å². The summed E-state index contributed by atoms with van der Waals surface area (Å²) >= 11 is 0. The molecule has 1 N–H and O–H groups in total. The van der Waals surface area contributed by atoms with Crippen molar-refractivity contribution in [1.29, 1.82) is 5.26 Å². The molecule has 0 fully saturated rings. The molecule has 2 rings (SSSR count). The van der Waals surface area contributed by atoms with E-state index < -0.39 is 0 Å². The molecule has 1 aromatic heterocycles. The molecular weight excluding hydrogens is 234 g/mol. The van der Waals surface area contributed by atoms with Crippen molar-refractivity contribution in [2.24, 2.45) is 0 Å². The molecule has 0 radical (unpaired) electrons. The Kier molecular flexibility index (Phi) is 4.38. The summed E-state index contributed by atoms with van der Waals surface area (Å²) in [6, 6.07) is 12.5. The minimum absolute atomic E-state index is 0.396. The van der Waals surface area contributed by atoms with Gasteiger partial charge in [0.1, 0.15) is 0 Å². The van der Waals surface area contributed by atoms with Crippen LogP contribution in [0.5, 0.6) is 0 Å². The van der Waals surface area contributed by atoms with Crippen LogP contribution in [0.2, 0.25) is 0 Å². The number of hydrogen-bond donors (Lipinski definition) is 1. The smallest absolute Gasteiger partial charge is 0.0995 e. The number of aromatic nitrogens is 1. The number of hydrogen-bond acceptors (Lipinski definition) is 2. The predicted molar refractivity (Wildman–Crippen MR) is 76.8 cm³/mol. The van der Waals surface area contributed by atoms with Crippen LogP contribution in [0.25, 0.3) is 0 Å². The van der Waals surface area contributed by atoms with E-state index in [0.717, 1.165) is 24.1 Å². The summed E-state index contributed by atoms with van der Waals surface area (Å²) in [6.07, 6.45) is 5.29. The molecule has 1 unspecified atom stereocenters. The molecule has 3 heteroatoms. The Morgan fingerprint density at radius 2 is 2.11 bits per heavy atom. The van der Waals surface area contributed by atoms with E-state index in [0.29, 0.717) is 6.04 Å². The van der Waals surface area contributed by atoms with Crippen molar-refractivity contribution in [3.63, 3.8) is 0 Å². The molecule has 2 aromatic rings. The van der Waals surface area contributed by atoms with Gasteiger partial charge in [0, 0.05) is 25.0 Å². The van der Waals surface area contributed by atoms with Gasteiger partial charge in [-0.1, -0.05) is 25.1 Å². The van der Waals surface area contributed by atoms with Gasteiger partial charge in [0.05, 0.1) is 11.6 Å². The lowest BCUT2D eigenvalue weighted by Gasteiger charge is -2.11. The maximum atomic E-state index is 9.10. The summed E-state index contributed by atoms with van der Waals surface area (Å²) in [5.41, 5.74) is 3.10. The molecular formula is C16H19N3. The summed E-state index contributed by atoms with van der Waals surface area (Å²) in [4.78, 5) is 0. The van der Waals surface area contributed by atoms with Crippen LogP contribution < -0.4 is 5.32 Å². The zero-order chi connectivity index (χ0) is 13.7. The number of nitrogens with zero attached hydrogens (tertiary/aromatic N) is 2. The summed E-state index contributed by atoms with van der Waals surface area (Å²) in [5, 5.41) is 12.4. The Labute approximate surface area is 114 Å². The lowest BCUT2D eigenvalue weighted by atomic mass is 10.1. The van der Waals surface area contributed by atoms with Gasteiger partial charge < -0.3 is 9.88 Å². The SMILES string of the molecule is CCC(NC)c1ccn(Cc2ccccc2C#N)c1. The van der Waals surface area contributed by atoms with Crippen molar-refractivity contribution in [3.8, 4) is 6.07 Å². The lowest BCUT2D eigenvalue weighted by Crippen LogP contribution is -2.14. The monoisotopic (exact) mass is 253 g/mol. The van der Waals surface area contributed by atoms with Crippen molar-refractivity contribution in [1.82, 2.24) is 9.88 Å².